The van der Waals surface area contributed by atoms with Gasteiger partial charge in [-0.25, -0.2) is 4.98 Å². The molecule has 37 heavy (non-hydrogen) atoms. The number of hydrogen-bond acceptors (Lipinski definition) is 6. The molecule has 0 atom stereocenters. The van der Waals surface area contributed by atoms with Crippen LogP contribution < -0.4 is 9.64 Å². The quantitative estimate of drug-likeness (QED) is 0.274. The maximum Gasteiger partial charge on any atom is 0.233 e. The minimum Gasteiger partial charge on any atom is -0.497 e. The summed E-state index contributed by atoms with van der Waals surface area (Å²) in [6, 6.07) is 24.4. The molecule has 2 heterocycles. The molecule has 1 aliphatic rings. The van der Waals surface area contributed by atoms with Crippen LogP contribution in [0.4, 0.5) is 5.13 Å². The number of ether oxygens (including phenoxy) is 2. The molecule has 8 heteroatoms. The van der Waals surface area contributed by atoms with Crippen LogP contribution in [0.1, 0.15) is 12.0 Å². The van der Waals surface area contributed by atoms with Crippen molar-refractivity contribution in [2.45, 2.75) is 12.8 Å². The highest BCUT2D eigenvalue weighted by Crippen LogP contribution is 2.32. The summed E-state index contributed by atoms with van der Waals surface area (Å²) in [4.78, 5) is 22.7. The summed E-state index contributed by atoms with van der Waals surface area (Å²) in [5, 5.41) is 0.742. The van der Waals surface area contributed by atoms with Crippen LogP contribution in [0.15, 0.2) is 72.8 Å². The molecule has 0 radical (unpaired) electrons. The molecular weight excluding hydrogens is 506 g/mol. The number of benzene rings is 3. The molecule has 1 aliphatic heterocycles. The zero-order chi connectivity index (χ0) is 24.7. The first-order valence-electron chi connectivity index (χ1n) is 12.4. The van der Waals surface area contributed by atoms with Crippen LogP contribution in [0.5, 0.6) is 5.75 Å². The summed E-state index contributed by atoms with van der Waals surface area (Å²) in [5.41, 5.74) is 4.17. The van der Waals surface area contributed by atoms with Gasteiger partial charge in [-0.3, -0.25) is 14.6 Å². The number of carbonyl (C=O) groups is 1. The number of amides is 1. The number of carbonyl (C=O) groups excluding carboxylic acids is 1. The zero-order valence-electron chi connectivity index (χ0n) is 21.0. The van der Waals surface area contributed by atoms with Gasteiger partial charge in [0.15, 0.2) is 5.13 Å². The predicted molar refractivity (Wildman–Crippen MR) is 153 cm³/mol. The number of morpholine rings is 1. The Hall–Kier alpha value is -2.97. The lowest BCUT2D eigenvalue weighted by Crippen LogP contribution is -2.39. The average molecular weight is 538 g/mol. The van der Waals surface area contributed by atoms with E-state index < -0.39 is 0 Å². The Kier molecular flexibility index (Phi) is 9.52. The molecule has 6 nitrogen and oxygen atoms in total. The molecule has 1 amide bonds. The van der Waals surface area contributed by atoms with E-state index in [1.165, 1.54) is 5.56 Å². The van der Waals surface area contributed by atoms with E-state index in [-0.39, 0.29) is 18.3 Å². The Bertz CT molecular complexity index is 1290. The van der Waals surface area contributed by atoms with Crippen molar-refractivity contribution in [3.63, 3.8) is 0 Å². The van der Waals surface area contributed by atoms with E-state index >= 15 is 0 Å². The lowest BCUT2D eigenvalue weighted by atomic mass is 10.0. The van der Waals surface area contributed by atoms with Gasteiger partial charge in [0.05, 0.1) is 37.0 Å². The molecule has 3 aromatic carbocycles. The second-order valence-corrected chi connectivity index (χ2v) is 9.93. The first-order chi connectivity index (χ1) is 17.7. The molecule has 1 aromatic heterocycles. The van der Waals surface area contributed by atoms with E-state index in [4.69, 9.17) is 14.5 Å². The molecule has 1 fully saturated rings. The normalized spacial score (nSPS) is 13.8. The van der Waals surface area contributed by atoms with Crippen LogP contribution in [0.25, 0.3) is 21.3 Å². The SMILES string of the molecule is COc1ccc2sc(N(CCCN3CCOCC3)C(=O)Cc3ccc(-c4ccccc4)cc3)nc2c1.Cl. The minimum absolute atomic E-state index is 0. The highest BCUT2D eigenvalue weighted by molar-refractivity contribution is 7.22. The lowest BCUT2D eigenvalue weighted by molar-refractivity contribution is -0.118. The summed E-state index contributed by atoms with van der Waals surface area (Å²) in [6.07, 6.45) is 1.23. The molecule has 0 unspecified atom stereocenters. The number of thiazole rings is 1. The second kappa shape index (κ2) is 13.0. The number of fused-ring (bicyclic) bond motifs is 1. The van der Waals surface area contributed by atoms with Crippen molar-refractivity contribution in [3.8, 4) is 16.9 Å². The third kappa shape index (κ3) is 6.87. The van der Waals surface area contributed by atoms with E-state index in [1.807, 2.05) is 41.3 Å². The summed E-state index contributed by atoms with van der Waals surface area (Å²) < 4.78 is 11.9. The van der Waals surface area contributed by atoms with Crippen molar-refractivity contribution in [3.05, 3.63) is 78.4 Å². The molecule has 0 N–H and O–H groups in total. The van der Waals surface area contributed by atoms with Gasteiger partial charge in [0.25, 0.3) is 0 Å². The lowest BCUT2D eigenvalue weighted by Gasteiger charge is -2.27. The molecule has 0 spiro atoms. The van der Waals surface area contributed by atoms with Gasteiger partial charge in [0, 0.05) is 32.2 Å². The Balaban J connectivity index is 0.00000320. The number of nitrogens with zero attached hydrogens (tertiary/aromatic N) is 3. The molecule has 5 rings (SSSR count). The molecule has 0 aliphatic carbocycles. The van der Waals surface area contributed by atoms with Gasteiger partial charge in [0.2, 0.25) is 5.91 Å². The Morgan fingerprint density at radius 2 is 1.76 bits per heavy atom. The van der Waals surface area contributed by atoms with E-state index in [0.29, 0.717) is 13.0 Å². The van der Waals surface area contributed by atoms with Gasteiger partial charge < -0.3 is 9.47 Å². The van der Waals surface area contributed by atoms with Gasteiger partial charge in [-0.15, -0.1) is 12.4 Å². The number of aromatic nitrogens is 1. The highest BCUT2D eigenvalue weighted by atomic mass is 35.5. The fourth-order valence-corrected chi connectivity index (χ4v) is 5.45. The van der Waals surface area contributed by atoms with Gasteiger partial charge >= 0.3 is 0 Å². The van der Waals surface area contributed by atoms with Gasteiger partial charge in [-0.1, -0.05) is 65.9 Å². The smallest absolute Gasteiger partial charge is 0.233 e. The van der Waals surface area contributed by atoms with Crippen LogP contribution in [-0.2, 0) is 16.0 Å². The summed E-state index contributed by atoms with van der Waals surface area (Å²) >= 11 is 1.55. The molecule has 1 saturated heterocycles. The van der Waals surface area contributed by atoms with Crippen LogP contribution in [0, 0.1) is 0 Å². The fourth-order valence-electron chi connectivity index (χ4n) is 4.46. The first-order valence-corrected chi connectivity index (χ1v) is 13.2. The number of methoxy groups -OCH3 is 1. The maximum atomic E-state index is 13.6. The number of rotatable bonds is 9. The Morgan fingerprint density at radius 1 is 1.03 bits per heavy atom. The van der Waals surface area contributed by atoms with Crippen molar-refractivity contribution in [2.24, 2.45) is 0 Å². The van der Waals surface area contributed by atoms with Gasteiger partial charge in [0.1, 0.15) is 5.75 Å². The van der Waals surface area contributed by atoms with Crippen LogP contribution in [-0.4, -0.2) is 62.3 Å². The van der Waals surface area contributed by atoms with Crippen molar-refractivity contribution < 1.29 is 14.3 Å². The standard InChI is InChI=1S/C29H31N3O3S.ClH/c1-34-25-12-13-27-26(21-25)30-29(36-27)32(15-5-14-31-16-18-35-19-17-31)28(33)20-22-8-10-24(11-9-22)23-6-3-2-4-7-23;/h2-4,6-13,21H,5,14-20H2,1H3;1H. The van der Waals surface area contributed by atoms with Gasteiger partial charge in [-0.2, -0.15) is 0 Å². The zero-order valence-corrected chi connectivity index (χ0v) is 22.6. The minimum atomic E-state index is 0. The topological polar surface area (TPSA) is 54.9 Å². The highest BCUT2D eigenvalue weighted by Gasteiger charge is 2.21. The van der Waals surface area contributed by atoms with E-state index in [1.54, 1.807) is 18.4 Å². The Labute approximate surface area is 228 Å². The van der Waals surface area contributed by atoms with Crippen LogP contribution in [0.2, 0.25) is 0 Å². The molecular formula is C29H32ClN3O3S. The number of anilines is 1. The van der Waals surface area contributed by atoms with Crippen molar-refractivity contribution in [2.75, 3.05) is 51.4 Å². The fraction of sp³-hybridized carbons (Fsp3) is 0.310. The van der Waals surface area contributed by atoms with E-state index in [0.717, 1.165) is 71.5 Å². The predicted octanol–water partition coefficient (Wildman–Crippen LogP) is 5.69. The Morgan fingerprint density at radius 3 is 2.49 bits per heavy atom. The summed E-state index contributed by atoms with van der Waals surface area (Å²) in [7, 11) is 1.65. The van der Waals surface area contributed by atoms with Crippen molar-refractivity contribution in [1.29, 1.82) is 0 Å². The third-order valence-corrected chi connectivity index (χ3v) is 7.55. The molecule has 0 saturated carbocycles. The molecule has 0 bridgehead atoms. The van der Waals surface area contributed by atoms with E-state index in [2.05, 4.69) is 41.3 Å². The number of halogens is 1. The van der Waals surface area contributed by atoms with Crippen molar-refractivity contribution in [1.82, 2.24) is 9.88 Å². The molecule has 4 aromatic rings. The molecule has 194 valence electrons. The summed E-state index contributed by atoms with van der Waals surface area (Å²) in [6.45, 7) is 5.03. The summed E-state index contributed by atoms with van der Waals surface area (Å²) in [5.74, 6) is 0.832. The monoisotopic (exact) mass is 537 g/mol. The number of hydrogen-bond donors (Lipinski definition) is 0. The maximum absolute atomic E-state index is 13.6. The van der Waals surface area contributed by atoms with Crippen LogP contribution >= 0.6 is 23.7 Å². The first kappa shape index (κ1) is 27.1. The second-order valence-electron chi connectivity index (χ2n) is 8.92. The van der Waals surface area contributed by atoms with E-state index in [9.17, 15) is 4.79 Å². The third-order valence-electron chi connectivity index (χ3n) is 6.49. The van der Waals surface area contributed by atoms with Crippen molar-refractivity contribution >= 4 is 45.0 Å². The largest absolute Gasteiger partial charge is 0.497 e. The van der Waals surface area contributed by atoms with Gasteiger partial charge in [-0.05, 0) is 35.2 Å². The average Bonchev–Trinajstić information content (AvgIpc) is 3.35. The van der Waals surface area contributed by atoms with Crippen LogP contribution in [0.3, 0.4) is 0 Å².